The van der Waals surface area contributed by atoms with E-state index in [0.29, 0.717) is 18.4 Å². The van der Waals surface area contributed by atoms with Crippen molar-refractivity contribution in [3.63, 3.8) is 0 Å². The van der Waals surface area contributed by atoms with Crippen LogP contribution in [0.5, 0.6) is 5.75 Å². The zero-order valence-corrected chi connectivity index (χ0v) is 19.0. The number of para-hydroxylation sites is 1. The van der Waals surface area contributed by atoms with Crippen LogP contribution in [0, 0.1) is 5.92 Å². The Balaban J connectivity index is 0.00000364. The van der Waals surface area contributed by atoms with Crippen LogP contribution in [-0.2, 0) is 11.3 Å². The van der Waals surface area contributed by atoms with Crippen LogP contribution in [0.15, 0.2) is 29.3 Å². The normalized spacial score (nSPS) is 14.9. The number of guanidine groups is 1. The van der Waals surface area contributed by atoms with Crippen LogP contribution < -0.4 is 15.4 Å². The number of halogens is 1. The molecule has 0 radical (unpaired) electrons. The molecule has 0 aliphatic heterocycles. The van der Waals surface area contributed by atoms with E-state index in [2.05, 4.69) is 15.6 Å². The molecule has 0 saturated heterocycles. The first kappa shape index (κ1) is 23.5. The first-order valence-corrected chi connectivity index (χ1v) is 9.44. The van der Waals surface area contributed by atoms with Gasteiger partial charge in [0, 0.05) is 26.2 Å². The van der Waals surface area contributed by atoms with Gasteiger partial charge in [-0.3, -0.25) is 4.79 Å². The molecule has 1 saturated carbocycles. The summed E-state index contributed by atoms with van der Waals surface area (Å²) in [6.45, 7) is 1.63. The molecule has 1 aromatic rings. The second-order valence-electron chi connectivity index (χ2n) is 7.00. The Kier molecular flexibility index (Phi) is 11.2. The van der Waals surface area contributed by atoms with Crippen LogP contribution in [0.2, 0.25) is 0 Å². The second-order valence-corrected chi connectivity index (χ2v) is 7.00. The number of hydrogen-bond donors (Lipinski definition) is 2. The Labute approximate surface area is 180 Å². The van der Waals surface area contributed by atoms with Crippen LogP contribution in [-0.4, -0.2) is 51.1 Å². The lowest BCUT2D eigenvalue weighted by molar-refractivity contribution is -0.127. The molecule has 0 spiro atoms. The van der Waals surface area contributed by atoms with Gasteiger partial charge in [0.05, 0.1) is 20.2 Å². The van der Waals surface area contributed by atoms with Crippen molar-refractivity contribution in [2.24, 2.45) is 10.9 Å². The molecule has 7 heteroatoms. The minimum absolute atomic E-state index is 0. The van der Waals surface area contributed by atoms with Gasteiger partial charge in [-0.05, 0) is 24.8 Å². The first-order chi connectivity index (χ1) is 12.6. The lowest BCUT2D eigenvalue weighted by atomic mass is 9.89. The van der Waals surface area contributed by atoms with E-state index in [4.69, 9.17) is 4.74 Å². The Morgan fingerprint density at radius 3 is 2.56 bits per heavy atom. The molecule has 2 N–H and O–H groups in total. The van der Waals surface area contributed by atoms with Crippen molar-refractivity contribution in [2.45, 2.75) is 38.6 Å². The lowest BCUT2D eigenvalue weighted by Crippen LogP contribution is -2.44. The highest BCUT2D eigenvalue weighted by molar-refractivity contribution is 14.0. The minimum Gasteiger partial charge on any atom is -0.496 e. The SMILES string of the molecule is COc1ccccc1CN=C(NCC(=O)N(C)C)NCC1CCCCC1.I. The standard InChI is InChI=1S/C20H32N4O2.HI/c1-24(2)19(25)15-23-20(21-13-16-9-5-4-6-10-16)22-14-17-11-7-8-12-18(17)26-3;/h7-8,11-12,16H,4-6,9-10,13-15H2,1-3H3,(H2,21,22,23);1H. The number of rotatable bonds is 7. The molecule has 0 aromatic heterocycles. The van der Waals surface area contributed by atoms with Crippen LogP contribution in [0.25, 0.3) is 0 Å². The molecule has 2 rings (SSSR count). The number of benzene rings is 1. The molecule has 27 heavy (non-hydrogen) atoms. The number of hydrogen-bond acceptors (Lipinski definition) is 3. The van der Waals surface area contributed by atoms with Crippen molar-refractivity contribution in [1.29, 1.82) is 0 Å². The number of nitrogens with one attached hydrogen (secondary N) is 2. The number of nitrogens with zero attached hydrogens (tertiary/aromatic N) is 2. The Bertz CT molecular complexity index is 601. The van der Waals surface area contributed by atoms with E-state index in [1.54, 1.807) is 26.1 Å². The molecule has 0 heterocycles. The van der Waals surface area contributed by atoms with Crippen LogP contribution in [0.1, 0.15) is 37.7 Å². The highest BCUT2D eigenvalue weighted by Gasteiger charge is 2.14. The van der Waals surface area contributed by atoms with Gasteiger partial charge in [0.15, 0.2) is 5.96 Å². The number of methoxy groups -OCH3 is 1. The number of ether oxygens (including phenoxy) is 1. The first-order valence-electron chi connectivity index (χ1n) is 9.44. The van der Waals surface area contributed by atoms with Gasteiger partial charge < -0.3 is 20.3 Å². The molecule has 1 aliphatic carbocycles. The van der Waals surface area contributed by atoms with Gasteiger partial charge in [0.25, 0.3) is 0 Å². The lowest BCUT2D eigenvalue weighted by Gasteiger charge is -2.23. The van der Waals surface area contributed by atoms with Gasteiger partial charge in [0.1, 0.15) is 5.75 Å². The van der Waals surface area contributed by atoms with E-state index in [-0.39, 0.29) is 36.4 Å². The summed E-state index contributed by atoms with van der Waals surface area (Å²) in [6, 6.07) is 7.86. The minimum atomic E-state index is 0. The van der Waals surface area contributed by atoms with E-state index < -0.39 is 0 Å². The fraction of sp³-hybridized carbons (Fsp3) is 0.600. The number of likely N-dealkylation sites (N-methyl/N-ethyl adjacent to an activating group) is 1. The van der Waals surface area contributed by atoms with Crippen LogP contribution >= 0.6 is 24.0 Å². The maximum absolute atomic E-state index is 11.9. The van der Waals surface area contributed by atoms with Crippen molar-refractivity contribution in [3.05, 3.63) is 29.8 Å². The van der Waals surface area contributed by atoms with E-state index in [1.807, 2.05) is 24.3 Å². The molecule has 1 amide bonds. The Morgan fingerprint density at radius 1 is 1.19 bits per heavy atom. The van der Waals surface area contributed by atoms with Crippen LogP contribution in [0.3, 0.4) is 0 Å². The van der Waals surface area contributed by atoms with Crippen LogP contribution in [0.4, 0.5) is 0 Å². The number of amides is 1. The molecule has 0 atom stereocenters. The second kappa shape index (κ2) is 12.8. The molecule has 0 bridgehead atoms. The average Bonchev–Trinajstić information content (AvgIpc) is 2.68. The van der Waals surface area contributed by atoms with Gasteiger partial charge >= 0.3 is 0 Å². The molecular formula is C20H33IN4O2. The predicted molar refractivity (Wildman–Crippen MR) is 121 cm³/mol. The van der Waals surface area contributed by atoms with E-state index in [0.717, 1.165) is 17.9 Å². The third kappa shape index (κ3) is 8.36. The van der Waals surface area contributed by atoms with Crippen molar-refractivity contribution < 1.29 is 9.53 Å². The summed E-state index contributed by atoms with van der Waals surface area (Å²) in [5.74, 6) is 2.21. The van der Waals surface area contributed by atoms with E-state index >= 15 is 0 Å². The fourth-order valence-electron chi connectivity index (χ4n) is 3.12. The van der Waals surface area contributed by atoms with Gasteiger partial charge in [-0.15, -0.1) is 24.0 Å². The predicted octanol–water partition coefficient (Wildman–Crippen LogP) is 3.02. The van der Waals surface area contributed by atoms with Gasteiger partial charge in [0.2, 0.25) is 5.91 Å². The summed E-state index contributed by atoms with van der Waals surface area (Å²) in [5, 5.41) is 6.57. The summed E-state index contributed by atoms with van der Waals surface area (Å²) in [7, 11) is 5.18. The van der Waals surface area contributed by atoms with Crippen molar-refractivity contribution in [2.75, 3.05) is 34.3 Å². The summed E-state index contributed by atoms with van der Waals surface area (Å²) in [4.78, 5) is 18.1. The molecule has 1 fully saturated rings. The van der Waals surface area contributed by atoms with Gasteiger partial charge in [-0.2, -0.15) is 0 Å². The highest BCUT2D eigenvalue weighted by atomic mass is 127. The third-order valence-corrected chi connectivity index (χ3v) is 4.79. The average molecular weight is 488 g/mol. The number of carbonyl (C=O) groups is 1. The van der Waals surface area contributed by atoms with E-state index in [9.17, 15) is 4.79 Å². The van der Waals surface area contributed by atoms with Crippen molar-refractivity contribution in [1.82, 2.24) is 15.5 Å². The smallest absolute Gasteiger partial charge is 0.241 e. The largest absolute Gasteiger partial charge is 0.496 e. The summed E-state index contributed by atoms with van der Waals surface area (Å²) in [6.07, 6.45) is 6.51. The fourth-order valence-corrected chi connectivity index (χ4v) is 3.12. The number of aliphatic imine (C=N–C) groups is 1. The monoisotopic (exact) mass is 488 g/mol. The summed E-state index contributed by atoms with van der Waals surface area (Å²) < 4.78 is 5.39. The zero-order chi connectivity index (χ0) is 18.8. The highest BCUT2D eigenvalue weighted by Crippen LogP contribution is 2.22. The van der Waals surface area contributed by atoms with E-state index in [1.165, 1.54) is 32.1 Å². The topological polar surface area (TPSA) is 66.0 Å². The maximum Gasteiger partial charge on any atom is 0.241 e. The molecule has 1 aromatic carbocycles. The molecule has 1 aliphatic rings. The van der Waals surface area contributed by atoms with Gasteiger partial charge in [-0.1, -0.05) is 37.5 Å². The molecular weight excluding hydrogens is 455 g/mol. The maximum atomic E-state index is 11.9. The zero-order valence-electron chi connectivity index (χ0n) is 16.7. The Morgan fingerprint density at radius 2 is 1.89 bits per heavy atom. The van der Waals surface area contributed by atoms with Crippen molar-refractivity contribution in [3.8, 4) is 5.75 Å². The molecule has 6 nitrogen and oxygen atoms in total. The number of carbonyl (C=O) groups excluding carboxylic acids is 1. The Hall–Kier alpha value is -1.51. The summed E-state index contributed by atoms with van der Waals surface area (Å²) in [5.41, 5.74) is 1.02. The quantitative estimate of drug-likeness (QED) is 0.352. The third-order valence-electron chi connectivity index (χ3n) is 4.79. The summed E-state index contributed by atoms with van der Waals surface area (Å²) >= 11 is 0. The van der Waals surface area contributed by atoms with Crippen molar-refractivity contribution >= 4 is 35.8 Å². The van der Waals surface area contributed by atoms with Gasteiger partial charge in [-0.25, -0.2) is 4.99 Å². The molecule has 0 unspecified atom stereocenters. The molecule has 152 valence electrons.